The fourth-order valence-corrected chi connectivity index (χ4v) is 9.31. The van der Waals surface area contributed by atoms with E-state index < -0.39 is 0 Å². The Kier molecular flexibility index (Phi) is 8.00. The molecule has 0 spiro atoms. The highest BCUT2D eigenvalue weighted by Crippen LogP contribution is 2.68. The SMILES string of the molecule is CC(C1CCC2C3CCC4CC([N+](C)(C)C)CCC4(C)C3CCC21C)[N+](C)(C)C.[Cl-].[Cl-]. The quantitative estimate of drug-likeness (QED) is 0.497. The molecule has 0 aromatic rings. The molecule has 0 N–H and O–H groups in total. The molecule has 9 unspecified atom stereocenters. The number of quaternary nitrogens is 2. The van der Waals surface area contributed by atoms with Crippen LogP contribution in [-0.2, 0) is 0 Å². The van der Waals surface area contributed by atoms with Crippen LogP contribution < -0.4 is 24.8 Å². The van der Waals surface area contributed by atoms with Crippen molar-refractivity contribution in [2.24, 2.45) is 40.4 Å². The van der Waals surface area contributed by atoms with Gasteiger partial charge in [-0.2, -0.15) is 0 Å². The normalized spacial score (nSPS) is 46.0. The Morgan fingerprint density at radius 3 is 1.87 bits per heavy atom. The summed E-state index contributed by atoms with van der Waals surface area (Å²) < 4.78 is 2.30. The summed E-state index contributed by atoms with van der Waals surface area (Å²) in [5.74, 6) is 4.97. The first-order valence-electron chi connectivity index (χ1n) is 12.9. The molecule has 0 aromatic carbocycles. The molecule has 4 heteroatoms. The number of halogens is 2. The van der Waals surface area contributed by atoms with E-state index in [2.05, 4.69) is 63.1 Å². The number of rotatable bonds is 3. The largest absolute Gasteiger partial charge is 1.00 e. The molecule has 4 fully saturated rings. The number of hydrogen-bond acceptors (Lipinski definition) is 0. The van der Waals surface area contributed by atoms with Gasteiger partial charge in [-0.3, -0.25) is 0 Å². The van der Waals surface area contributed by atoms with Gasteiger partial charge >= 0.3 is 0 Å². The zero-order chi connectivity index (χ0) is 21.4. The molecule has 4 aliphatic rings. The summed E-state index contributed by atoms with van der Waals surface area (Å²) in [5, 5.41) is 0. The third kappa shape index (κ3) is 4.46. The van der Waals surface area contributed by atoms with Crippen LogP contribution in [0.4, 0.5) is 0 Å². The fourth-order valence-electron chi connectivity index (χ4n) is 9.31. The molecule has 0 heterocycles. The van der Waals surface area contributed by atoms with Gasteiger partial charge in [0.2, 0.25) is 0 Å². The lowest BCUT2D eigenvalue weighted by Gasteiger charge is -2.62. The average molecular weight is 476 g/mol. The first-order chi connectivity index (χ1) is 13.3. The van der Waals surface area contributed by atoms with Crippen LogP contribution in [0.2, 0.25) is 0 Å². The van der Waals surface area contributed by atoms with Crippen LogP contribution >= 0.6 is 0 Å². The van der Waals surface area contributed by atoms with Crippen LogP contribution in [-0.4, -0.2) is 63.3 Å². The summed E-state index contributed by atoms with van der Waals surface area (Å²) in [4.78, 5) is 0. The molecule has 0 bridgehead atoms. The molecule has 0 aliphatic heterocycles. The zero-order valence-electron chi connectivity index (χ0n) is 22.1. The van der Waals surface area contributed by atoms with E-state index in [1.54, 1.807) is 6.42 Å². The molecule has 2 nitrogen and oxygen atoms in total. The summed E-state index contributed by atoms with van der Waals surface area (Å²) in [6.45, 7) is 8.01. The number of fused-ring (bicyclic) bond motifs is 5. The van der Waals surface area contributed by atoms with Crippen LogP contribution in [0.1, 0.15) is 78.6 Å². The van der Waals surface area contributed by atoms with E-state index in [0.717, 1.165) is 46.2 Å². The Hall–Kier alpha value is 0.500. The van der Waals surface area contributed by atoms with Crippen LogP contribution in [0.15, 0.2) is 0 Å². The molecule has 0 radical (unpaired) electrons. The van der Waals surface area contributed by atoms with Crippen LogP contribution in [0.3, 0.4) is 0 Å². The van der Waals surface area contributed by atoms with Gasteiger partial charge in [0.05, 0.1) is 54.4 Å². The Morgan fingerprint density at radius 2 is 1.29 bits per heavy atom. The maximum absolute atomic E-state index is 2.74. The van der Waals surface area contributed by atoms with Gasteiger partial charge in [0.1, 0.15) is 0 Å². The summed E-state index contributed by atoms with van der Waals surface area (Å²) in [5.41, 5.74) is 1.24. The molecule has 0 saturated heterocycles. The lowest BCUT2D eigenvalue weighted by atomic mass is 9.44. The number of hydrogen-bond donors (Lipinski definition) is 0. The Labute approximate surface area is 206 Å². The van der Waals surface area contributed by atoms with Gasteiger partial charge in [-0.05, 0) is 92.8 Å². The molecule has 4 aliphatic carbocycles. The first kappa shape index (κ1) is 27.7. The monoisotopic (exact) mass is 474 g/mol. The van der Waals surface area contributed by atoms with Crippen molar-refractivity contribution in [3.63, 3.8) is 0 Å². The second-order valence-electron chi connectivity index (χ2n) is 14.3. The molecule has 0 amide bonds. The molecule has 4 saturated carbocycles. The minimum absolute atomic E-state index is 0. The van der Waals surface area contributed by atoms with Crippen molar-refractivity contribution in [1.29, 1.82) is 0 Å². The molecule has 9 atom stereocenters. The summed E-state index contributed by atoms with van der Waals surface area (Å²) >= 11 is 0. The van der Waals surface area contributed by atoms with Crippen molar-refractivity contribution in [1.82, 2.24) is 0 Å². The minimum atomic E-state index is 0. The smallest absolute Gasteiger partial charge is 0.0889 e. The number of nitrogens with zero attached hydrogens (tertiary/aromatic N) is 2. The van der Waals surface area contributed by atoms with E-state index in [1.807, 2.05) is 0 Å². The van der Waals surface area contributed by atoms with Crippen molar-refractivity contribution >= 4 is 0 Å². The van der Waals surface area contributed by atoms with Gasteiger partial charge in [0.25, 0.3) is 0 Å². The molecule has 0 aromatic heterocycles. The maximum Gasteiger partial charge on any atom is 0.0889 e. The highest BCUT2D eigenvalue weighted by Gasteiger charge is 2.62. The van der Waals surface area contributed by atoms with Crippen LogP contribution in [0.5, 0.6) is 0 Å². The predicted octanol–water partition coefficient (Wildman–Crippen LogP) is -0.177. The Balaban J connectivity index is 0.00000171. The summed E-state index contributed by atoms with van der Waals surface area (Å²) in [6.07, 6.45) is 13.6. The molecule has 31 heavy (non-hydrogen) atoms. The molecule has 4 rings (SSSR count). The van der Waals surface area contributed by atoms with Crippen molar-refractivity contribution in [3.05, 3.63) is 0 Å². The second-order valence-corrected chi connectivity index (χ2v) is 14.3. The summed E-state index contributed by atoms with van der Waals surface area (Å²) in [6, 6.07) is 1.67. The van der Waals surface area contributed by atoms with E-state index in [9.17, 15) is 0 Å². The van der Waals surface area contributed by atoms with Gasteiger partial charge in [0, 0.05) is 12.3 Å². The van der Waals surface area contributed by atoms with Gasteiger partial charge in [-0.15, -0.1) is 0 Å². The lowest BCUT2D eigenvalue weighted by molar-refractivity contribution is -0.899. The highest BCUT2D eigenvalue weighted by atomic mass is 35.5. The third-order valence-corrected chi connectivity index (χ3v) is 11.6. The predicted molar refractivity (Wildman–Crippen MR) is 125 cm³/mol. The van der Waals surface area contributed by atoms with E-state index in [-0.39, 0.29) is 24.8 Å². The van der Waals surface area contributed by atoms with Crippen LogP contribution in [0, 0.1) is 40.4 Å². The van der Waals surface area contributed by atoms with Gasteiger partial charge in [0.15, 0.2) is 0 Å². The Bertz CT molecular complexity index is 624. The van der Waals surface area contributed by atoms with Crippen molar-refractivity contribution in [2.75, 3.05) is 42.3 Å². The van der Waals surface area contributed by atoms with E-state index in [0.29, 0.717) is 10.8 Å². The molecular weight excluding hydrogens is 423 g/mol. The summed E-state index contributed by atoms with van der Waals surface area (Å²) in [7, 11) is 14.6. The second kappa shape index (κ2) is 8.94. The standard InChI is InChI=1S/C27H52N2.2ClH/c1-19(28(4,5)6)23-12-13-24-22-11-10-20-18-21(29(7,8)9)14-16-26(20,2)25(22)15-17-27(23,24)3;;/h19-25H,10-18H2,1-9H3;2*1H/q+2;;/p-2. The average Bonchev–Trinajstić information content (AvgIpc) is 2.95. The fraction of sp³-hybridized carbons (Fsp3) is 1.00. The van der Waals surface area contributed by atoms with Crippen molar-refractivity contribution in [2.45, 2.75) is 90.6 Å². The molecular formula is C27H52Cl2N2. The zero-order valence-corrected chi connectivity index (χ0v) is 23.6. The van der Waals surface area contributed by atoms with Gasteiger partial charge in [-0.25, -0.2) is 0 Å². The van der Waals surface area contributed by atoms with Crippen LogP contribution in [0.25, 0.3) is 0 Å². The van der Waals surface area contributed by atoms with Crippen molar-refractivity contribution in [3.8, 4) is 0 Å². The van der Waals surface area contributed by atoms with Crippen molar-refractivity contribution < 1.29 is 33.8 Å². The van der Waals surface area contributed by atoms with Gasteiger partial charge < -0.3 is 33.8 Å². The topological polar surface area (TPSA) is 0 Å². The Morgan fingerprint density at radius 1 is 0.710 bits per heavy atom. The van der Waals surface area contributed by atoms with E-state index in [4.69, 9.17) is 0 Å². The van der Waals surface area contributed by atoms with E-state index in [1.165, 1.54) is 55.8 Å². The molecule has 184 valence electrons. The maximum atomic E-state index is 2.74. The van der Waals surface area contributed by atoms with Gasteiger partial charge in [-0.1, -0.05) is 13.8 Å². The highest BCUT2D eigenvalue weighted by molar-refractivity contribution is 5.10. The first-order valence-corrected chi connectivity index (χ1v) is 12.9. The lowest BCUT2D eigenvalue weighted by Crippen LogP contribution is -3.00. The minimum Gasteiger partial charge on any atom is -1.00 e. The van der Waals surface area contributed by atoms with E-state index >= 15 is 0 Å². The third-order valence-electron chi connectivity index (χ3n) is 11.6.